The van der Waals surface area contributed by atoms with Gasteiger partial charge in [0.2, 0.25) is 0 Å². The van der Waals surface area contributed by atoms with Crippen molar-refractivity contribution in [1.29, 1.82) is 0 Å². The van der Waals surface area contributed by atoms with E-state index in [4.69, 9.17) is 4.74 Å². The number of hydrogen-bond acceptors (Lipinski definition) is 5. The van der Waals surface area contributed by atoms with E-state index in [2.05, 4.69) is 26.2 Å². The number of hydrogen-bond donors (Lipinski definition) is 1. The number of ether oxygens (including phenoxy) is 1. The lowest BCUT2D eigenvalue weighted by molar-refractivity contribution is -0.385. The van der Waals surface area contributed by atoms with Gasteiger partial charge in [-0.15, -0.1) is 0 Å². The van der Waals surface area contributed by atoms with Crippen LogP contribution in [-0.4, -0.2) is 28.7 Å². The van der Waals surface area contributed by atoms with E-state index in [-0.39, 0.29) is 22.4 Å². The molecule has 22 heavy (non-hydrogen) atoms. The van der Waals surface area contributed by atoms with Crippen molar-refractivity contribution in [2.24, 2.45) is 0 Å². The van der Waals surface area contributed by atoms with Crippen molar-refractivity contribution in [2.75, 3.05) is 11.9 Å². The zero-order chi connectivity index (χ0) is 15.7. The first-order valence-corrected chi connectivity index (χ1v) is 7.96. The number of nitrogens with one attached hydrogen (secondary N) is 1. The maximum Gasteiger partial charge on any atom is 0.325 e. The standard InChI is InChI=1S/C15H16BrN3O3/c1-9-8-10(6-7-22-9)17-13-11-4-2-3-5-12(11)18-15(16)14(13)19(20)21/h2-5,9-10H,6-8H2,1H3,(H,17,18)/t9-,10-/m1/s1. The van der Waals surface area contributed by atoms with Gasteiger partial charge in [-0.25, -0.2) is 4.98 Å². The Morgan fingerprint density at radius 3 is 2.95 bits per heavy atom. The van der Waals surface area contributed by atoms with Gasteiger partial charge in [0.05, 0.1) is 16.5 Å². The monoisotopic (exact) mass is 365 g/mol. The highest BCUT2D eigenvalue weighted by Crippen LogP contribution is 2.38. The molecule has 0 amide bonds. The summed E-state index contributed by atoms with van der Waals surface area (Å²) in [6.45, 7) is 2.68. The molecule has 1 aliphatic heterocycles. The van der Waals surface area contributed by atoms with Crippen LogP contribution in [0.2, 0.25) is 0 Å². The highest BCUT2D eigenvalue weighted by molar-refractivity contribution is 9.10. The van der Waals surface area contributed by atoms with Crippen LogP contribution in [0.4, 0.5) is 11.4 Å². The van der Waals surface area contributed by atoms with E-state index in [0.717, 1.165) is 23.7 Å². The van der Waals surface area contributed by atoms with Gasteiger partial charge in [0.1, 0.15) is 5.69 Å². The molecule has 0 bridgehead atoms. The number of rotatable bonds is 3. The van der Waals surface area contributed by atoms with Crippen LogP contribution in [0.1, 0.15) is 19.8 Å². The topological polar surface area (TPSA) is 77.3 Å². The predicted octanol–water partition coefficient (Wildman–Crippen LogP) is 3.88. The first-order valence-electron chi connectivity index (χ1n) is 7.17. The van der Waals surface area contributed by atoms with Gasteiger partial charge in [-0.2, -0.15) is 0 Å². The Morgan fingerprint density at radius 1 is 1.45 bits per heavy atom. The van der Waals surface area contributed by atoms with E-state index in [0.29, 0.717) is 12.3 Å². The van der Waals surface area contributed by atoms with Gasteiger partial charge in [-0.1, -0.05) is 18.2 Å². The summed E-state index contributed by atoms with van der Waals surface area (Å²) >= 11 is 3.23. The molecule has 116 valence electrons. The summed E-state index contributed by atoms with van der Waals surface area (Å²) < 4.78 is 5.79. The molecule has 2 atom stereocenters. The van der Waals surface area contributed by atoms with E-state index in [1.807, 2.05) is 31.2 Å². The zero-order valence-corrected chi connectivity index (χ0v) is 13.7. The Morgan fingerprint density at radius 2 is 2.23 bits per heavy atom. The molecule has 2 heterocycles. The molecule has 7 heteroatoms. The number of pyridine rings is 1. The Bertz CT molecular complexity index is 722. The van der Waals surface area contributed by atoms with Crippen molar-refractivity contribution in [1.82, 2.24) is 4.98 Å². The van der Waals surface area contributed by atoms with Crippen LogP contribution < -0.4 is 5.32 Å². The molecule has 1 fully saturated rings. The van der Waals surface area contributed by atoms with Crippen LogP contribution in [0, 0.1) is 10.1 Å². The van der Waals surface area contributed by atoms with Crippen LogP contribution in [0.15, 0.2) is 28.9 Å². The van der Waals surface area contributed by atoms with Crippen LogP contribution in [0.3, 0.4) is 0 Å². The molecule has 0 unspecified atom stereocenters. The van der Waals surface area contributed by atoms with Crippen LogP contribution in [0.25, 0.3) is 10.9 Å². The zero-order valence-electron chi connectivity index (χ0n) is 12.1. The van der Waals surface area contributed by atoms with Gasteiger partial charge in [-0.3, -0.25) is 10.1 Å². The third-order valence-electron chi connectivity index (χ3n) is 3.84. The number of halogens is 1. The molecule has 1 saturated heterocycles. The minimum Gasteiger partial charge on any atom is -0.378 e. The molecule has 1 N–H and O–H groups in total. The number of para-hydroxylation sites is 1. The van der Waals surface area contributed by atoms with Crippen LogP contribution in [-0.2, 0) is 4.74 Å². The van der Waals surface area contributed by atoms with E-state index in [1.165, 1.54) is 0 Å². The van der Waals surface area contributed by atoms with Gasteiger partial charge in [0, 0.05) is 18.0 Å². The second-order valence-corrected chi connectivity index (χ2v) is 6.20. The number of fused-ring (bicyclic) bond motifs is 1. The number of nitrogens with zero attached hydrogens (tertiary/aromatic N) is 2. The second kappa shape index (κ2) is 6.18. The number of benzene rings is 1. The average Bonchev–Trinajstić information content (AvgIpc) is 2.46. The molecule has 2 aromatic rings. The summed E-state index contributed by atoms with van der Waals surface area (Å²) in [5, 5.41) is 15.6. The molecule has 0 saturated carbocycles. The van der Waals surface area contributed by atoms with Gasteiger partial charge in [0.25, 0.3) is 0 Å². The Labute approximate surface area is 136 Å². The fourth-order valence-electron chi connectivity index (χ4n) is 2.82. The lowest BCUT2D eigenvalue weighted by Crippen LogP contribution is -2.32. The third kappa shape index (κ3) is 2.91. The largest absolute Gasteiger partial charge is 0.378 e. The average molecular weight is 366 g/mol. The molecule has 0 spiro atoms. The summed E-state index contributed by atoms with van der Waals surface area (Å²) in [5.41, 5.74) is 1.24. The summed E-state index contributed by atoms with van der Waals surface area (Å²) in [5.74, 6) is 0. The van der Waals surface area contributed by atoms with E-state index in [1.54, 1.807) is 0 Å². The Kier molecular flexibility index (Phi) is 4.26. The SMILES string of the molecule is C[C@@H]1C[C@H](Nc2c([N+](=O)[O-])c(Br)nc3ccccc23)CCO1. The smallest absolute Gasteiger partial charge is 0.325 e. The van der Waals surface area contributed by atoms with Gasteiger partial charge < -0.3 is 10.1 Å². The van der Waals surface area contributed by atoms with Crippen LogP contribution in [0.5, 0.6) is 0 Å². The van der Waals surface area contributed by atoms with Crippen molar-refractivity contribution < 1.29 is 9.66 Å². The minimum absolute atomic E-state index is 0.0159. The van der Waals surface area contributed by atoms with Gasteiger partial charge in [-0.05, 0) is 41.8 Å². The van der Waals surface area contributed by atoms with Gasteiger partial charge in [0.15, 0.2) is 4.60 Å². The number of aromatic nitrogens is 1. The molecule has 0 radical (unpaired) electrons. The van der Waals surface area contributed by atoms with Crippen molar-refractivity contribution in [3.63, 3.8) is 0 Å². The Hall–Kier alpha value is -1.73. The molecule has 0 aliphatic carbocycles. The number of nitro groups is 1. The fourth-order valence-corrected chi connectivity index (χ4v) is 3.35. The van der Waals surface area contributed by atoms with E-state index in [9.17, 15) is 10.1 Å². The Balaban J connectivity index is 2.08. The molecule has 1 aliphatic rings. The van der Waals surface area contributed by atoms with Gasteiger partial charge >= 0.3 is 5.69 Å². The third-order valence-corrected chi connectivity index (χ3v) is 4.39. The molecule has 3 rings (SSSR count). The maximum atomic E-state index is 11.5. The molecular formula is C15H16BrN3O3. The van der Waals surface area contributed by atoms with E-state index >= 15 is 0 Å². The minimum atomic E-state index is -0.394. The van der Waals surface area contributed by atoms with Crippen molar-refractivity contribution in [3.8, 4) is 0 Å². The highest BCUT2D eigenvalue weighted by atomic mass is 79.9. The molecular weight excluding hydrogens is 350 g/mol. The fraction of sp³-hybridized carbons (Fsp3) is 0.400. The first-order chi connectivity index (χ1) is 10.6. The summed E-state index contributed by atoms with van der Waals surface area (Å²) in [4.78, 5) is 15.3. The summed E-state index contributed by atoms with van der Waals surface area (Å²) in [6.07, 6.45) is 1.81. The number of anilines is 1. The van der Waals surface area contributed by atoms with Crippen LogP contribution >= 0.6 is 15.9 Å². The summed E-state index contributed by atoms with van der Waals surface area (Å²) in [6, 6.07) is 7.59. The second-order valence-electron chi connectivity index (χ2n) is 5.45. The maximum absolute atomic E-state index is 11.5. The first kappa shape index (κ1) is 15.2. The van der Waals surface area contributed by atoms with Crippen molar-refractivity contribution >= 4 is 38.2 Å². The predicted molar refractivity (Wildman–Crippen MR) is 88.2 cm³/mol. The normalized spacial score (nSPS) is 21.7. The molecule has 6 nitrogen and oxygen atoms in total. The highest BCUT2D eigenvalue weighted by Gasteiger charge is 2.27. The lowest BCUT2D eigenvalue weighted by atomic mass is 10.0. The van der Waals surface area contributed by atoms with Crippen molar-refractivity contribution in [2.45, 2.75) is 31.9 Å². The lowest BCUT2D eigenvalue weighted by Gasteiger charge is -2.29. The van der Waals surface area contributed by atoms with E-state index < -0.39 is 4.92 Å². The van der Waals surface area contributed by atoms with Crippen molar-refractivity contribution in [3.05, 3.63) is 39.0 Å². The molecule has 1 aromatic heterocycles. The quantitative estimate of drug-likeness (QED) is 0.507. The molecule has 1 aromatic carbocycles. The summed E-state index contributed by atoms with van der Waals surface area (Å²) in [7, 11) is 0.